The van der Waals surface area contributed by atoms with Crippen molar-refractivity contribution in [3.05, 3.63) is 35.9 Å². The zero-order valence-electron chi connectivity index (χ0n) is 11.7. The van der Waals surface area contributed by atoms with Gasteiger partial charge in [0.15, 0.2) is 0 Å². The number of thiocarbonyl (C=S) groups is 1. The Bertz CT molecular complexity index is 396. The Labute approximate surface area is 122 Å². The largest absolute Gasteiger partial charge is 0.393 e. The fourth-order valence-corrected chi connectivity index (χ4v) is 3.15. The third-order valence-electron chi connectivity index (χ3n) is 4.25. The van der Waals surface area contributed by atoms with E-state index in [1.165, 1.54) is 37.9 Å². The molecule has 3 heteroatoms. The number of rotatable bonds is 5. The first-order valence-electron chi connectivity index (χ1n) is 7.28. The van der Waals surface area contributed by atoms with Gasteiger partial charge in [-0.25, -0.2) is 0 Å². The molecule has 1 aromatic carbocycles. The number of benzene rings is 1. The SMILES string of the molecule is CCC1CCN(C(CC(N)=S)c2ccccc2)CC1. The maximum atomic E-state index is 5.80. The minimum atomic E-state index is 0.358. The number of hydrogen-bond donors (Lipinski definition) is 1. The Balaban J connectivity index is 2.08. The van der Waals surface area contributed by atoms with Crippen molar-refractivity contribution in [3.63, 3.8) is 0 Å². The van der Waals surface area contributed by atoms with E-state index >= 15 is 0 Å². The van der Waals surface area contributed by atoms with Crippen molar-refractivity contribution in [1.29, 1.82) is 0 Å². The van der Waals surface area contributed by atoms with Crippen LogP contribution < -0.4 is 5.73 Å². The second-order valence-electron chi connectivity index (χ2n) is 5.48. The molecular weight excluding hydrogens is 252 g/mol. The highest BCUT2D eigenvalue weighted by Gasteiger charge is 2.25. The van der Waals surface area contributed by atoms with Crippen molar-refractivity contribution in [3.8, 4) is 0 Å². The van der Waals surface area contributed by atoms with Gasteiger partial charge in [0.25, 0.3) is 0 Å². The van der Waals surface area contributed by atoms with Gasteiger partial charge >= 0.3 is 0 Å². The fraction of sp³-hybridized carbons (Fsp3) is 0.562. The molecule has 104 valence electrons. The third kappa shape index (κ3) is 4.02. The lowest BCUT2D eigenvalue weighted by molar-refractivity contribution is 0.133. The molecule has 0 bridgehead atoms. The summed E-state index contributed by atoms with van der Waals surface area (Å²) < 4.78 is 0. The maximum absolute atomic E-state index is 5.80. The van der Waals surface area contributed by atoms with Crippen LogP contribution in [0.2, 0.25) is 0 Å². The van der Waals surface area contributed by atoms with Gasteiger partial charge in [-0.05, 0) is 37.4 Å². The van der Waals surface area contributed by atoms with Crippen LogP contribution in [0.25, 0.3) is 0 Å². The Kier molecular flexibility index (Phi) is 5.34. The lowest BCUT2D eigenvalue weighted by atomic mass is 9.91. The van der Waals surface area contributed by atoms with Gasteiger partial charge in [0.05, 0.1) is 4.99 Å². The smallest absolute Gasteiger partial charge is 0.0746 e. The minimum Gasteiger partial charge on any atom is -0.393 e. The molecule has 1 aliphatic rings. The summed E-state index contributed by atoms with van der Waals surface area (Å²) in [7, 11) is 0. The summed E-state index contributed by atoms with van der Waals surface area (Å²) >= 11 is 5.14. The van der Waals surface area contributed by atoms with Gasteiger partial charge in [-0.2, -0.15) is 0 Å². The van der Waals surface area contributed by atoms with Crippen molar-refractivity contribution >= 4 is 17.2 Å². The minimum absolute atomic E-state index is 0.358. The molecule has 2 nitrogen and oxygen atoms in total. The van der Waals surface area contributed by atoms with Crippen molar-refractivity contribution in [2.75, 3.05) is 13.1 Å². The zero-order valence-corrected chi connectivity index (χ0v) is 12.5. The summed E-state index contributed by atoms with van der Waals surface area (Å²) in [6, 6.07) is 11.0. The molecule has 0 radical (unpaired) electrons. The topological polar surface area (TPSA) is 29.3 Å². The van der Waals surface area contributed by atoms with Crippen molar-refractivity contribution in [2.45, 2.75) is 38.6 Å². The van der Waals surface area contributed by atoms with Crippen LogP contribution in [0.3, 0.4) is 0 Å². The van der Waals surface area contributed by atoms with Crippen LogP contribution in [-0.2, 0) is 0 Å². The Morgan fingerprint density at radius 3 is 2.47 bits per heavy atom. The van der Waals surface area contributed by atoms with Crippen LogP contribution in [0.1, 0.15) is 44.2 Å². The number of piperidine rings is 1. The van der Waals surface area contributed by atoms with Gasteiger partial charge in [-0.15, -0.1) is 0 Å². The summed E-state index contributed by atoms with van der Waals surface area (Å²) in [5, 5.41) is 0. The average molecular weight is 276 g/mol. The van der Waals surface area contributed by atoms with Gasteiger partial charge in [0.1, 0.15) is 0 Å². The molecule has 2 rings (SSSR count). The number of likely N-dealkylation sites (tertiary alicyclic amines) is 1. The molecule has 0 aromatic heterocycles. The second kappa shape index (κ2) is 7.01. The van der Waals surface area contributed by atoms with Crippen LogP contribution in [0.4, 0.5) is 0 Å². The molecule has 1 aromatic rings. The number of hydrogen-bond acceptors (Lipinski definition) is 2. The van der Waals surface area contributed by atoms with Gasteiger partial charge < -0.3 is 5.73 Å². The summed E-state index contributed by atoms with van der Waals surface area (Å²) in [6.45, 7) is 4.63. The first kappa shape index (κ1) is 14.5. The molecule has 2 N–H and O–H groups in total. The monoisotopic (exact) mass is 276 g/mol. The van der Waals surface area contributed by atoms with Crippen molar-refractivity contribution in [1.82, 2.24) is 4.90 Å². The first-order chi connectivity index (χ1) is 9.20. The summed E-state index contributed by atoms with van der Waals surface area (Å²) in [5.41, 5.74) is 7.13. The molecule has 1 fully saturated rings. The predicted molar refractivity (Wildman–Crippen MR) is 85.2 cm³/mol. The van der Waals surface area contributed by atoms with E-state index < -0.39 is 0 Å². The molecule has 1 atom stereocenters. The van der Waals surface area contributed by atoms with Crippen LogP contribution in [-0.4, -0.2) is 23.0 Å². The average Bonchev–Trinajstić information content (AvgIpc) is 2.46. The normalized spacial score (nSPS) is 19.2. The van der Waals surface area contributed by atoms with Crippen LogP contribution >= 0.6 is 12.2 Å². The molecule has 19 heavy (non-hydrogen) atoms. The number of nitrogens with two attached hydrogens (primary N) is 1. The van der Waals surface area contributed by atoms with Crippen LogP contribution in [0.15, 0.2) is 30.3 Å². The molecule has 1 heterocycles. The lowest BCUT2D eigenvalue weighted by Gasteiger charge is -2.37. The van der Waals surface area contributed by atoms with E-state index in [1.54, 1.807) is 0 Å². The molecule has 0 amide bonds. The van der Waals surface area contributed by atoms with E-state index in [1.807, 2.05) is 0 Å². The third-order valence-corrected chi connectivity index (χ3v) is 4.41. The highest BCUT2D eigenvalue weighted by atomic mass is 32.1. The highest BCUT2D eigenvalue weighted by molar-refractivity contribution is 7.80. The van der Waals surface area contributed by atoms with Crippen molar-refractivity contribution < 1.29 is 0 Å². The van der Waals surface area contributed by atoms with E-state index in [0.29, 0.717) is 11.0 Å². The Morgan fingerprint density at radius 2 is 1.95 bits per heavy atom. The van der Waals surface area contributed by atoms with E-state index in [4.69, 9.17) is 18.0 Å². The maximum Gasteiger partial charge on any atom is 0.0746 e. The molecule has 0 saturated carbocycles. The fourth-order valence-electron chi connectivity index (χ4n) is 3.00. The van der Waals surface area contributed by atoms with E-state index in [-0.39, 0.29) is 0 Å². The summed E-state index contributed by atoms with van der Waals surface area (Å²) in [5.74, 6) is 0.900. The van der Waals surface area contributed by atoms with E-state index in [9.17, 15) is 0 Å². The summed E-state index contributed by atoms with van der Waals surface area (Å²) in [4.78, 5) is 3.17. The van der Waals surface area contributed by atoms with Gasteiger partial charge in [-0.1, -0.05) is 55.9 Å². The quantitative estimate of drug-likeness (QED) is 0.834. The highest BCUT2D eigenvalue weighted by Crippen LogP contribution is 2.30. The van der Waals surface area contributed by atoms with Crippen LogP contribution in [0, 0.1) is 5.92 Å². The van der Waals surface area contributed by atoms with E-state index in [0.717, 1.165) is 12.3 Å². The second-order valence-corrected chi connectivity index (χ2v) is 6.01. The molecular formula is C16H24N2S. The van der Waals surface area contributed by atoms with Gasteiger partial charge in [-0.3, -0.25) is 4.90 Å². The van der Waals surface area contributed by atoms with Gasteiger partial charge in [0.2, 0.25) is 0 Å². The Hall–Kier alpha value is -0.930. The molecule has 0 spiro atoms. The molecule has 1 saturated heterocycles. The lowest BCUT2D eigenvalue weighted by Crippen LogP contribution is -2.38. The van der Waals surface area contributed by atoms with E-state index in [2.05, 4.69) is 42.2 Å². The zero-order chi connectivity index (χ0) is 13.7. The van der Waals surface area contributed by atoms with Crippen molar-refractivity contribution in [2.24, 2.45) is 11.7 Å². The summed E-state index contributed by atoms with van der Waals surface area (Å²) in [6.07, 6.45) is 4.70. The Morgan fingerprint density at radius 1 is 1.32 bits per heavy atom. The number of nitrogens with zero attached hydrogens (tertiary/aromatic N) is 1. The first-order valence-corrected chi connectivity index (χ1v) is 7.68. The molecule has 1 unspecified atom stereocenters. The predicted octanol–water partition coefficient (Wildman–Crippen LogP) is 3.53. The standard InChI is InChI=1S/C16H24N2S/c1-2-13-8-10-18(11-9-13)15(12-16(17)19)14-6-4-3-5-7-14/h3-7,13,15H,2,8-12H2,1H3,(H2,17,19). The van der Waals surface area contributed by atoms with Gasteiger partial charge in [0, 0.05) is 12.5 Å². The molecule has 0 aliphatic carbocycles. The van der Waals surface area contributed by atoms with Crippen LogP contribution in [0.5, 0.6) is 0 Å². The molecule has 1 aliphatic heterocycles.